The number of hydrogen-bond acceptors (Lipinski definition) is 4. The van der Waals surface area contributed by atoms with Gasteiger partial charge in [0.2, 0.25) is 0 Å². The van der Waals surface area contributed by atoms with Gasteiger partial charge in [-0.2, -0.15) is 0 Å². The maximum Gasteiger partial charge on any atom is 0.295 e. The lowest BCUT2D eigenvalue weighted by Crippen LogP contribution is -2.35. The number of halogens is 1. The van der Waals surface area contributed by atoms with Gasteiger partial charge in [0.15, 0.2) is 0 Å². The van der Waals surface area contributed by atoms with Gasteiger partial charge >= 0.3 is 0 Å². The van der Waals surface area contributed by atoms with Crippen LogP contribution in [0.15, 0.2) is 48.0 Å². The van der Waals surface area contributed by atoms with Gasteiger partial charge in [0.05, 0.1) is 11.6 Å². The number of fused-ring (bicyclic) bond motifs is 1. The van der Waals surface area contributed by atoms with Crippen molar-refractivity contribution in [3.8, 4) is 0 Å². The van der Waals surface area contributed by atoms with E-state index < -0.39 is 17.7 Å². The third kappa shape index (κ3) is 4.25. The lowest BCUT2D eigenvalue weighted by atomic mass is 9.89. The number of aliphatic hydroxyl groups excluding tert-OH is 1. The lowest BCUT2D eigenvalue weighted by Gasteiger charge is -2.26. The third-order valence-electron chi connectivity index (χ3n) is 6.14. The molecule has 0 aromatic heterocycles. The summed E-state index contributed by atoms with van der Waals surface area (Å²) in [5, 5.41) is 11.8. The molecule has 0 saturated carbocycles. The van der Waals surface area contributed by atoms with E-state index in [1.807, 2.05) is 49.3 Å². The number of carbonyl (C=O) groups is 2. The highest BCUT2D eigenvalue weighted by atomic mass is 35.5. The second-order valence-corrected chi connectivity index (χ2v) is 8.97. The summed E-state index contributed by atoms with van der Waals surface area (Å²) >= 11 is 6.06. The van der Waals surface area contributed by atoms with Crippen LogP contribution in [0.25, 0.3) is 5.76 Å². The molecule has 1 fully saturated rings. The van der Waals surface area contributed by atoms with E-state index in [2.05, 4.69) is 0 Å². The number of amides is 1. The molecule has 1 atom stereocenters. The molecule has 1 aliphatic heterocycles. The van der Waals surface area contributed by atoms with Gasteiger partial charge < -0.3 is 14.9 Å². The largest absolute Gasteiger partial charge is 0.507 e. The van der Waals surface area contributed by atoms with Gasteiger partial charge in [-0.05, 0) is 74.7 Å². The Kier molecular flexibility index (Phi) is 6.17. The fourth-order valence-electron chi connectivity index (χ4n) is 4.45. The molecule has 6 heteroatoms. The van der Waals surface area contributed by atoms with Gasteiger partial charge in [-0.25, -0.2) is 0 Å². The molecular formula is C25H27ClN2O3. The van der Waals surface area contributed by atoms with Crippen LogP contribution in [0.4, 0.5) is 0 Å². The molecule has 4 rings (SSSR count). The quantitative estimate of drug-likeness (QED) is 0.431. The van der Waals surface area contributed by atoms with Crippen molar-refractivity contribution >= 4 is 29.1 Å². The number of likely N-dealkylation sites (tertiary alicyclic amines) is 1. The van der Waals surface area contributed by atoms with Gasteiger partial charge in [0, 0.05) is 23.7 Å². The van der Waals surface area contributed by atoms with Crippen LogP contribution in [0.3, 0.4) is 0 Å². The molecule has 0 radical (unpaired) electrons. The van der Waals surface area contributed by atoms with Crippen LogP contribution in [0.2, 0.25) is 5.02 Å². The minimum absolute atomic E-state index is 0.112. The second-order valence-electron chi connectivity index (χ2n) is 8.54. The third-order valence-corrected chi connectivity index (χ3v) is 6.39. The molecule has 1 amide bonds. The topological polar surface area (TPSA) is 60.9 Å². The standard InChI is InChI=1S/C25H27ClN2O3/c1-27(2)13-14-28-22(17-9-11-20(26)12-10-17)21(24(30)25(28)31)23(29)19-8-7-16-5-3-4-6-18(16)15-19/h7-12,15,22,29H,3-6,13-14H2,1-2H3/b23-21-. The highest BCUT2D eigenvalue weighted by Crippen LogP contribution is 2.40. The maximum atomic E-state index is 13.1. The first-order valence-electron chi connectivity index (χ1n) is 10.7. The van der Waals surface area contributed by atoms with Crippen LogP contribution in [0.5, 0.6) is 0 Å². The molecule has 1 aliphatic carbocycles. The van der Waals surface area contributed by atoms with E-state index in [1.165, 1.54) is 17.5 Å². The SMILES string of the molecule is CN(C)CCN1C(=O)C(=O)/C(=C(\O)c2ccc3c(c2)CCCC3)C1c1ccc(Cl)cc1. The minimum atomic E-state index is -0.645. The van der Waals surface area contributed by atoms with Crippen LogP contribution >= 0.6 is 11.6 Å². The summed E-state index contributed by atoms with van der Waals surface area (Å²) in [6.45, 7) is 0.988. The summed E-state index contributed by atoms with van der Waals surface area (Å²) in [4.78, 5) is 29.5. The summed E-state index contributed by atoms with van der Waals surface area (Å²) in [7, 11) is 3.84. The van der Waals surface area contributed by atoms with Gasteiger partial charge in [-0.1, -0.05) is 35.9 Å². The van der Waals surface area contributed by atoms with Crippen LogP contribution in [-0.4, -0.2) is 53.8 Å². The Balaban J connectivity index is 1.81. The van der Waals surface area contributed by atoms with Crippen LogP contribution in [0.1, 0.15) is 41.1 Å². The second kappa shape index (κ2) is 8.85. The number of likely N-dealkylation sites (N-methyl/N-ethyl adjacent to an activating group) is 1. The molecule has 0 bridgehead atoms. The van der Waals surface area contributed by atoms with Crippen molar-refractivity contribution in [3.05, 3.63) is 75.3 Å². The summed E-state index contributed by atoms with van der Waals surface area (Å²) in [6.07, 6.45) is 4.30. The average Bonchev–Trinajstić information content (AvgIpc) is 3.02. The Bertz CT molecular complexity index is 1040. The highest BCUT2D eigenvalue weighted by molar-refractivity contribution is 6.46. The molecule has 1 heterocycles. The van der Waals surface area contributed by atoms with Crippen molar-refractivity contribution in [3.63, 3.8) is 0 Å². The summed E-state index contributed by atoms with van der Waals surface area (Å²) in [5.41, 5.74) is 3.98. The van der Waals surface area contributed by atoms with Crippen LogP contribution < -0.4 is 0 Å². The predicted octanol–water partition coefficient (Wildman–Crippen LogP) is 4.20. The number of aliphatic hydroxyl groups is 1. The molecule has 0 spiro atoms. The molecule has 2 aliphatic rings. The predicted molar refractivity (Wildman–Crippen MR) is 122 cm³/mol. The Morgan fingerprint density at radius 1 is 1.06 bits per heavy atom. The molecular weight excluding hydrogens is 412 g/mol. The molecule has 162 valence electrons. The van der Waals surface area contributed by atoms with Crippen LogP contribution in [0, 0.1) is 0 Å². The van der Waals surface area contributed by atoms with E-state index in [4.69, 9.17) is 11.6 Å². The van der Waals surface area contributed by atoms with Gasteiger partial charge in [0.1, 0.15) is 5.76 Å². The van der Waals surface area contributed by atoms with E-state index >= 15 is 0 Å². The lowest BCUT2D eigenvalue weighted by molar-refractivity contribution is -0.140. The van der Waals surface area contributed by atoms with Gasteiger partial charge in [0.25, 0.3) is 11.7 Å². The molecule has 31 heavy (non-hydrogen) atoms. The molecule has 5 nitrogen and oxygen atoms in total. The minimum Gasteiger partial charge on any atom is -0.507 e. The van der Waals surface area contributed by atoms with Crippen molar-refractivity contribution in [2.75, 3.05) is 27.2 Å². The number of hydrogen-bond donors (Lipinski definition) is 1. The monoisotopic (exact) mass is 438 g/mol. The van der Waals surface area contributed by atoms with E-state index in [0.717, 1.165) is 24.8 Å². The maximum absolute atomic E-state index is 13.1. The van der Waals surface area contributed by atoms with Crippen molar-refractivity contribution in [2.45, 2.75) is 31.7 Å². The number of aryl methyl sites for hydroxylation is 2. The fourth-order valence-corrected chi connectivity index (χ4v) is 4.57. The first-order valence-corrected chi connectivity index (χ1v) is 11.1. The van der Waals surface area contributed by atoms with Crippen LogP contribution in [-0.2, 0) is 22.4 Å². The number of Topliss-reactive ketones (excluding diaryl/α,β-unsaturated/α-hetero) is 1. The molecule has 1 saturated heterocycles. The number of rotatable bonds is 5. The first kappa shape index (κ1) is 21.6. The van der Waals surface area contributed by atoms with Crippen molar-refractivity contribution < 1.29 is 14.7 Å². The summed E-state index contributed by atoms with van der Waals surface area (Å²) in [6, 6.07) is 12.3. The van der Waals surface area contributed by atoms with Crippen molar-refractivity contribution in [2.24, 2.45) is 0 Å². The molecule has 1 N–H and O–H groups in total. The van der Waals surface area contributed by atoms with E-state index in [0.29, 0.717) is 23.7 Å². The number of nitrogens with zero attached hydrogens (tertiary/aromatic N) is 2. The Morgan fingerprint density at radius 2 is 1.74 bits per heavy atom. The van der Waals surface area contributed by atoms with Gasteiger partial charge in [-0.3, -0.25) is 9.59 Å². The first-order chi connectivity index (χ1) is 14.9. The fraction of sp³-hybridized carbons (Fsp3) is 0.360. The van der Waals surface area contributed by atoms with Gasteiger partial charge in [-0.15, -0.1) is 0 Å². The highest BCUT2D eigenvalue weighted by Gasteiger charge is 2.45. The zero-order valence-electron chi connectivity index (χ0n) is 17.9. The van der Waals surface area contributed by atoms with Crippen molar-refractivity contribution in [1.29, 1.82) is 0 Å². The zero-order valence-corrected chi connectivity index (χ0v) is 18.7. The Labute approximate surface area is 187 Å². The normalized spacial score (nSPS) is 20.4. The Morgan fingerprint density at radius 3 is 2.42 bits per heavy atom. The van der Waals surface area contributed by atoms with E-state index in [-0.39, 0.29) is 11.3 Å². The number of ketones is 1. The van der Waals surface area contributed by atoms with E-state index in [9.17, 15) is 14.7 Å². The number of carbonyl (C=O) groups excluding carboxylic acids is 2. The van der Waals surface area contributed by atoms with Crippen molar-refractivity contribution in [1.82, 2.24) is 9.80 Å². The average molecular weight is 439 g/mol. The summed E-state index contributed by atoms with van der Waals surface area (Å²) < 4.78 is 0. The zero-order chi connectivity index (χ0) is 22.1. The number of benzene rings is 2. The van der Waals surface area contributed by atoms with E-state index in [1.54, 1.807) is 17.0 Å². The smallest absolute Gasteiger partial charge is 0.295 e. The molecule has 1 unspecified atom stereocenters. The molecule has 2 aromatic rings. The molecule has 2 aromatic carbocycles. The summed E-state index contributed by atoms with van der Waals surface area (Å²) in [5.74, 6) is -1.34. The Hall–Kier alpha value is -2.63.